The van der Waals surface area contributed by atoms with Gasteiger partial charge in [-0.2, -0.15) is 0 Å². The van der Waals surface area contributed by atoms with Crippen LogP contribution < -0.4 is 5.32 Å². The predicted octanol–water partition coefficient (Wildman–Crippen LogP) is 2.89. The Morgan fingerprint density at radius 1 is 1.10 bits per heavy atom. The van der Waals surface area contributed by atoms with Crippen molar-refractivity contribution in [2.45, 2.75) is 0 Å². The Kier molecular flexibility index (Phi) is 5.57. The number of pyridine rings is 1. The van der Waals surface area contributed by atoms with E-state index in [0.29, 0.717) is 32.0 Å². The van der Waals surface area contributed by atoms with Crippen LogP contribution in [0.15, 0.2) is 48.8 Å². The molecule has 9 nitrogen and oxygen atoms in total. The van der Waals surface area contributed by atoms with Gasteiger partial charge in [0.05, 0.1) is 18.9 Å². The van der Waals surface area contributed by atoms with Crippen molar-refractivity contribution in [3.63, 3.8) is 0 Å². The summed E-state index contributed by atoms with van der Waals surface area (Å²) in [5.41, 5.74) is 2.38. The molecule has 1 aromatic carbocycles. The van der Waals surface area contributed by atoms with Gasteiger partial charge in [0.2, 0.25) is 6.79 Å². The molecule has 0 saturated carbocycles. The van der Waals surface area contributed by atoms with E-state index in [1.165, 1.54) is 4.90 Å². The maximum absolute atomic E-state index is 12.7. The molecule has 0 bridgehead atoms. The molecule has 3 aromatic rings. The molecule has 29 heavy (non-hydrogen) atoms. The number of carbonyl (C=O) groups is 2. The first-order valence-corrected chi connectivity index (χ1v) is 9.17. The van der Waals surface area contributed by atoms with Crippen molar-refractivity contribution in [2.24, 2.45) is 0 Å². The van der Waals surface area contributed by atoms with E-state index < -0.39 is 18.9 Å². The van der Waals surface area contributed by atoms with Crippen molar-refractivity contribution in [3.8, 4) is 0 Å². The van der Waals surface area contributed by atoms with Crippen LogP contribution in [-0.2, 0) is 14.2 Å². The number of rotatable bonds is 5. The van der Waals surface area contributed by atoms with Crippen molar-refractivity contribution in [3.05, 3.63) is 54.5 Å². The summed E-state index contributed by atoms with van der Waals surface area (Å²) in [5, 5.41) is 4.06. The number of nitrogens with zero attached hydrogens (tertiary/aromatic N) is 2. The Morgan fingerprint density at radius 2 is 1.86 bits per heavy atom. The number of para-hydroxylation sites is 1. The van der Waals surface area contributed by atoms with E-state index in [0.717, 1.165) is 16.6 Å². The topological polar surface area (TPSA) is 106 Å². The van der Waals surface area contributed by atoms with Crippen LogP contribution in [0.2, 0.25) is 0 Å². The van der Waals surface area contributed by atoms with Gasteiger partial charge in [-0.3, -0.25) is 4.98 Å². The molecule has 3 heterocycles. The Morgan fingerprint density at radius 3 is 2.66 bits per heavy atom. The molecule has 1 fully saturated rings. The molecule has 2 N–H and O–H groups in total. The molecule has 1 saturated heterocycles. The number of amides is 1. The summed E-state index contributed by atoms with van der Waals surface area (Å²) in [6.45, 7) is 1.37. The molecule has 9 heteroatoms. The lowest BCUT2D eigenvalue weighted by Gasteiger charge is -2.25. The zero-order valence-electron chi connectivity index (χ0n) is 15.6. The molecule has 0 radical (unpaired) electrons. The summed E-state index contributed by atoms with van der Waals surface area (Å²) >= 11 is 0. The van der Waals surface area contributed by atoms with Crippen LogP contribution >= 0.6 is 0 Å². The summed E-state index contributed by atoms with van der Waals surface area (Å²) in [6.07, 6.45) is 2.77. The first-order chi connectivity index (χ1) is 14.2. The molecule has 2 aromatic heterocycles. The number of hydrogen-bond acceptors (Lipinski definition) is 7. The smallest absolute Gasteiger partial charge is 0.412 e. The number of fused-ring (bicyclic) bond motifs is 1. The van der Waals surface area contributed by atoms with Crippen LogP contribution in [0.4, 0.5) is 16.2 Å². The van der Waals surface area contributed by atoms with Gasteiger partial charge in [0.15, 0.2) is 0 Å². The van der Waals surface area contributed by atoms with E-state index in [1.54, 1.807) is 24.5 Å². The highest BCUT2D eigenvalue weighted by atomic mass is 16.7. The maximum atomic E-state index is 12.7. The number of H-pyrrole nitrogens is 1. The van der Waals surface area contributed by atoms with Crippen LogP contribution in [-0.4, -0.2) is 60.0 Å². The second-order valence-corrected chi connectivity index (χ2v) is 6.34. The van der Waals surface area contributed by atoms with Crippen LogP contribution in [0, 0.1) is 0 Å². The van der Waals surface area contributed by atoms with Crippen molar-refractivity contribution in [2.75, 3.05) is 38.4 Å². The zero-order valence-corrected chi connectivity index (χ0v) is 15.6. The normalized spacial score (nSPS) is 13.9. The summed E-state index contributed by atoms with van der Waals surface area (Å²) in [5.74, 6) is -0.632. The molecule has 0 unspecified atom stereocenters. The lowest BCUT2D eigenvalue weighted by atomic mass is 10.2. The molecule has 150 valence electrons. The monoisotopic (exact) mass is 396 g/mol. The number of morpholine rings is 1. The molecule has 1 aliphatic rings. The van der Waals surface area contributed by atoms with Crippen LogP contribution in [0.1, 0.15) is 10.5 Å². The number of carbonyl (C=O) groups excluding carboxylic acids is 2. The summed E-state index contributed by atoms with van der Waals surface area (Å²) in [4.78, 5) is 33.2. The second-order valence-electron chi connectivity index (χ2n) is 6.34. The van der Waals surface area contributed by atoms with Gasteiger partial charge in [-0.25, -0.2) is 9.59 Å². The van der Waals surface area contributed by atoms with Gasteiger partial charge in [0.25, 0.3) is 0 Å². The average Bonchev–Trinajstić information content (AvgIpc) is 3.13. The first kappa shape index (κ1) is 18.8. The van der Waals surface area contributed by atoms with E-state index in [-0.39, 0.29) is 5.69 Å². The molecule has 1 amide bonds. The number of benzene rings is 1. The van der Waals surface area contributed by atoms with Gasteiger partial charge in [0.1, 0.15) is 5.69 Å². The summed E-state index contributed by atoms with van der Waals surface area (Å²) < 4.78 is 15.4. The SMILES string of the molecule is O=C(OCOC(=O)N1CCOCC1)c1[nH]c2ccccc2c1Nc1ccncc1. The van der Waals surface area contributed by atoms with E-state index in [4.69, 9.17) is 14.2 Å². The maximum Gasteiger partial charge on any atom is 0.412 e. The lowest BCUT2D eigenvalue weighted by Crippen LogP contribution is -2.41. The number of esters is 1. The molecule has 0 atom stereocenters. The van der Waals surface area contributed by atoms with Gasteiger partial charge >= 0.3 is 12.1 Å². The Balaban J connectivity index is 1.46. The van der Waals surface area contributed by atoms with Crippen molar-refractivity contribution >= 4 is 34.3 Å². The number of aromatic amines is 1. The van der Waals surface area contributed by atoms with Gasteiger partial charge in [-0.05, 0) is 18.2 Å². The molecule has 1 aliphatic heterocycles. The van der Waals surface area contributed by atoms with Gasteiger partial charge in [-0.15, -0.1) is 0 Å². The van der Waals surface area contributed by atoms with E-state index in [9.17, 15) is 9.59 Å². The summed E-state index contributed by atoms with van der Waals surface area (Å²) in [6, 6.07) is 11.1. The van der Waals surface area contributed by atoms with Gasteiger partial charge < -0.3 is 29.4 Å². The fraction of sp³-hybridized carbons (Fsp3) is 0.250. The quantitative estimate of drug-likeness (QED) is 0.504. The Labute approximate surface area is 166 Å². The van der Waals surface area contributed by atoms with Crippen molar-refractivity contribution < 1.29 is 23.8 Å². The van der Waals surface area contributed by atoms with Gasteiger partial charge in [-0.1, -0.05) is 18.2 Å². The molecular formula is C20H20N4O5. The third-order valence-electron chi connectivity index (χ3n) is 4.50. The number of hydrogen-bond donors (Lipinski definition) is 2. The highest BCUT2D eigenvalue weighted by Crippen LogP contribution is 2.30. The molecule has 0 spiro atoms. The van der Waals surface area contributed by atoms with Crippen molar-refractivity contribution in [1.82, 2.24) is 14.9 Å². The summed E-state index contributed by atoms with van der Waals surface area (Å²) in [7, 11) is 0. The first-order valence-electron chi connectivity index (χ1n) is 9.17. The number of nitrogens with one attached hydrogen (secondary N) is 2. The van der Waals surface area contributed by atoms with E-state index in [2.05, 4.69) is 15.3 Å². The standard InChI is InChI=1S/C20H20N4O5/c25-19(28-13-29-20(26)24-9-11-27-12-10-24)18-17(22-14-5-7-21-8-6-14)15-3-1-2-4-16(15)23-18/h1-8,23H,9-13H2,(H,21,22). The minimum Gasteiger partial charge on any atom is -0.423 e. The lowest BCUT2D eigenvalue weighted by molar-refractivity contribution is -0.0243. The fourth-order valence-corrected chi connectivity index (χ4v) is 3.05. The molecule has 4 rings (SSSR count). The predicted molar refractivity (Wildman–Crippen MR) is 105 cm³/mol. The van der Waals surface area contributed by atoms with Crippen LogP contribution in [0.25, 0.3) is 10.9 Å². The number of aromatic nitrogens is 2. The third-order valence-corrected chi connectivity index (χ3v) is 4.50. The Bertz CT molecular complexity index is 999. The van der Waals surface area contributed by atoms with Gasteiger partial charge in [0, 0.05) is 42.1 Å². The van der Waals surface area contributed by atoms with E-state index >= 15 is 0 Å². The minimum absolute atomic E-state index is 0.241. The highest BCUT2D eigenvalue weighted by Gasteiger charge is 2.21. The largest absolute Gasteiger partial charge is 0.423 e. The molecular weight excluding hydrogens is 376 g/mol. The zero-order chi connectivity index (χ0) is 20.1. The fourth-order valence-electron chi connectivity index (χ4n) is 3.05. The van der Waals surface area contributed by atoms with E-state index in [1.807, 2.05) is 24.3 Å². The molecule has 0 aliphatic carbocycles. The average molecular weight is 396 g/mol. The third kappa shape index (κ3) is 4.30. The van der Waals surface area contributed by atoms with Crippen LogP contribution in [0.5, 0.6) is 0 Å². The van der Waals surface area contributed by atoms with Crippen molar-refractivity contribution in [1.29, 1.82) is 0 Å². The second kappa shape index (κ2) is 8.61. The van der Waals surface area contributed by atoms with Crippen LogP contribution in [0.3, 0.4) is 0 Å². The minimum atomic E-state index is -0.632. The number of ether oxygens (including phenoxy) is 3. The Hall–Kier alpha value is -3.59. The highest BCUT2D eigenvalue weighted by molar-refractivity contribution is 6.07. The number of anilines is 2.